The van der Waals surface area contributed by atoms with Crippen molar-refractivity contribution < 1.29 is 28.7 Å². The summed E-state index contributed by atoms with van der Waals surface area (Å²) in [6.07, 6.45) is 0.0956. The molecule has 9 heteroatoms. The molecule has 9 nitrogen and oxygen atoms in total. The van der Waals surface area contributed by atoms with E-state index >= 15 is 0 Å². The average molecular weight is 434 g/mol. The fraction of sp³-hybridized carbons (Fsp3) is 0.545. The van der Waals surface area contributed by atoms with Gasteiger partial charge >= 0.3 is 12.1 Å². The molecular formula is C22H31N3O6. The highest BCUT2D eigenvalue weighted by Gasteiger charge is 2.28. The van der Waals surface area contributed by atoms with E-state index in [4.69, 9.17) is 4.74 Å². The molecule has 3 amide bonds. The number of nitrogens with zero attached hydrogens (tertiary/aromatic N) is 1. The van der Waals surface area contributed by atoms with Crippen LogP contribution >= 0.6 is 0 Å². The molecule has 1 atom stereocenters. The number of carbonyl (C=O) groups excluding carboxylic acids is 4. The lowest BCUT2D eigenvalue weighted by atomic mass is 10.1. The number of hydrogen-bond acceptors (Lipinski definition) is 6. The molecule has 0 aromatic heterocycles. The van der Waals surface area contributed by atoms with E-state index in [0.29, 0.717) is 37.2 Å². The van der Waals surface area contributed by atoms with Crippen LogP contribution in [0.15, 0.2) is 18.2 Å². The maximum Gasteiger partial charge on any atom is 0.407 e. The standard InChI is InChI=1S/C22H31N3O6/c1-14(20(28)30-5)12-24-18(26)15-7-8-16-13-25(19(27)17(16)11-15)10-6-9-23-21(29)31-22(2,3)4/h7-8,11,14H,6,9-10,12-13H2,1-5H3,(H,23,29)(H,24,26)/t14-/m0/s1. The number of rotatable bonds is 8. The molecule has 0 aliphatic carbocycles. The normalized spacial score (nSPS) is 14.0. The summed E-state index contributed by atoms with van der Waals surface area (Å²) in [5.74, 6) is -1.37. The van der Waals surface area contributed by atoms with Crippen LogP contribution in [0.25, 0.3) is 0 Å². The zero-order valence-corrected chi connectivity index (χ0v) is 18.7. The van der Waals surface area contributed by atoms with Crippen LogP contribution in [0.1, 0.15) is 60.4 Å². The molecule has 2 N–H and O–H groups in total. The Morgan fingerprint density at radius 3 is 2.55 bits per heavy atom. The molecule has 0 spiro atoms. The maximum absolute atomic E-state index is 12.7. The van der Waals surface area contributed by atoms with Gasteiger partial charge in [0.1, 0.15) is 5.60 Å². The number of esters is 1. The van der Waals surface area contributed by atoms with E-state index in [1.807, 2.05) is 0 Å². The third-order valence-electron chi connectivity index (χ3n) is 4.70. The highest BCUT2D eigenvalue weighted by Crippen LogP contribution is 2.24. The van der Waals surface area contributed by atoms with Crippen molar-refractivity contribution in [1.82, 2.24) is 15.5 Å². The Balaban J connectivity index is 1.85. The minimum Gasteiger partial charge on any atom is -0.469 e. The minimum atomic E-state index is -0.558. The van der Waals surface area contributed by atoms with Crippen molar-refractivity contribution in [2.24, 2.45) is 5.92 Å². The van der Waals surface area contributed by atoms with Gasteiger partial charge < -0.3 is 25.0 Å². The Hall–Kier alpha value is -3.10. The average Bonchev–Trinajstić information content (AvgIpc) is 3.02. The van der Waals surface area contributed by atoms with Gasteiger partial charge in [-0.1, -0.05) is 13.0 Å². The van der Waals surface area contributed by atoms with Gasteiger partial charge in [-0.2, -0.15) is 0 Å². The number of nitrogens with one attached hydrogen (secondary N) is 2. The Bertz CT molecular complexity index is 846. The van der Waals surface area contributed by atoms with Crippen LogP contribution in [0.4, 0.5) is 4.79 Å². The van der Waals surface area contributed by atoms with E-state index in [9.17, 15) is 19.2 Å². The smallest absolute Gasteiger partial charge is 0.407 e. The van der Waals surface area contributed by atoms with Crippen molar-refractivity contribution in [3.63, 3.8) is 0 Å². The van der Waals surface area contributed by atoms with Crippen molar-refractivity contribution in [3.05, 3.63) is 34.9 Å². The van der Waals surface area contributed by atoms with Crippen molar-refractivity contribution >= 4 is 23.9 Å². The van der Waals surface area contributed by atoms with Crippen LogP contribution in [0, 0.1) is 5.92 Å². The predicted molar refractivity (Wildman–Crippen MR) is 114 cm³/mol. The van der Waals surface area contributed by atoms with Crippen LogP contribution in [0.3, 0.4) is 0 Å². The van der Waals surface area contributed by atoms with Gasteiger partial charge in [-0.05, 0) is 44.9 Å². The molecule has 0 unspecified atom stereocenters. The van der Waals surface area contributed by atoms with E-state index in [1.54, 1.807) is 50.8 Å². The lowest BCUT2D eigenvalue weighted by Gasteiger charge is -2.20. The number of ether oxygens (including phenoxy) is 2. The fourth-order valence-electron chi connectivity index (χ4n) is 3.09. The van der Waals surface area contributed by atoms with Crippen LogP contribution in [-0.4, -0.2) is 61.1 Å². The summed E-state index contributed by atoms with van der Waals surface area (Å²) in [6.45, 7) is 8.51. The molecule has 1 aliphatic heterocycles. The molecule has 2 rings (SSSR count). The highest BCUT2D eigenvalue weighted by atomic mass is 16.6. The van der Waals surface area contributed by atoms with Gasteiger partial charge in [0.05, 0.1) is 13.0 Å². The Kier molecular flexibility index (Phi) is 8.01. The molecule has 1 aromatic carbocycles. The maximum atomic E-state index is 12.7. The molecule has 0 radical (unpaired) electrons. The van der Waals surface area contributed by atoms with E-state index in [1.165, 1.54) is 7.11 Å². The van der Waals surface area contributed by atoms with Crippen molar-refractivity contribution in [1.29, 1.82) is 0 Å². The summed E-state index contributed by atoms with van der Waals surface area (Å²) < 4.78 is 9.82. The quantitative estimate of drug-likeness (QED) is 0.479. The first-order chi connectivity index (χ1) is 14.5. The summed E-state index contributed by atoms with van der Waals surface area (Å²) in [5, 5.41) is 5.36. The minimum absolute atomic E-state index is 0.146. The highest BCUT2D eigenvalue weighted by molar-refractivity contribution is 6.02. The zero-order valence-electron chi connectivity index (χ0n) is 18.7. The Labute approximate surface area is 182 Å². The van der Waals surface area contributed by atoms with E-state index in [-0.39, 0.29) is 18.4 Å². The van der Waals surface area contributed by atoms with Crippen molar-refractivity contribution in [3.8, 4) is 0 Å². The molecule has 31 heavy (non-hydrogen) atoms. The Morgan fingerprint density at radius 2 is 1.90 bits per heavy atom. The number of methoxy groups -OCH3 is 1. The molecule has 1 aliphatic rings. The molecule has 1 aromatic rings. The second kappa shape index (κ2) is 10.3. The summed E-state index contributed by atoms with van der Waals surface area (Å²) in [5.41, 5.74) is 1.15. The molecule has 170 valence electrons. The molecule has 0 saturated carbocycles. The van der Waals surface area contributed by atoms with E-state index < -0.39 is 23.6 Å². The third-order valence-corrected chi connectivity index (χ3v) is 4.70. The van der Waals surface area contributed by atoms with Gasteiger partial charge in [0.2, 0.25) is 0 Å². The first-order valence-corrected chi connectivity index (χ1v) is 10.3. The van der Waals surface area contributed by atoms with Crippen LogP contribution < -0.4 is 10.6 Å². The number of carbonyl (C=O) groups is 4. The number of hydrogen-bond donors (Lipinski definition) is 2. The first kappa shape index (κ1) is 24.2. The molecule has 0 bridgehead atoms. The largest absolute Gasteiger partial charge is 0.469 e. The van der Waals surface area contributed by atoms with Crippen LogP contribution in [-0.2, 0) is 20.8 Å². The van der Waals surface area contributed by atoms with Gasteiger partial charge in [0.15, 0.2) is 0 Å². The second-order valence-electron chi connectivity index (χ2n) is 8.52. The lowest BCUT2D eigenvalue weighted by molar-refractivity contribution is -0.144. The van der Waals surface area contributed by atoms with Crippen molar-refractivity contribution in [2.45, 2.75) is 46.3 Å². The summed E-state index contributed by atoms with van der Waals surface area (Å²) >= 11 is 0. The third kappa shape index (κ3) is 6.97. The fourth-order valence-corrected chi connectivity index (χ4v) is 3.09. The zero-order chi connectivity index (χ0) is 23.2. The van der Waals surface area contributed by atoms with Gasteiger partial charge in [0.25, 0.3) is 11.8 Å². The van der Waals surface area contributed by atoms with Gasteiger partial charge in [-0.15, -0.1) is 0 Å². The first-order valence-electron chi connectivity index (χ1n) is 10.3. The lowest BCUT2D eigenvalue weighted by Crippen LogP contribution is -2.34. The number of amides is 3. The number of fused-ring (bicyclic) bond motifs is 1. The molecule has 1 heterocycles. The molecular weight excluding hydrogens is 402 g/mol. The SMILES string of the molecule is COC(=O)[C@@H](C)CNC(=O)c1ccc2c(c1)C(=O)N(CCCNC(=O)OC(C)(C)C)C2. The van der Waals surface area contributed by atoms with Crippen molar-refractivity contribution in [2.75, 3.05) is 26.7 Å². The monoisotopic (exact) mass is 433 g/mol. The molecule has 0 saturated heterocycles. The second-order valence-corrected chi connectivity index (χ2v) is 8.52. The number of benzene rings is 1. The van der Waals surface area contributed by atoms with Gasteiger partial charge in [-0.25, -0.2) is 4.79 Å². The van der Waals surface area contributed by atoms with Crippen LogP contribution in [0.5, 0.6) is 0 Å². The summed E-state index contributed by atoms with van der Waals surface area (Å²) in [6, 6.07) is 5.01. The predicted octanol–water partition coefficient (Wildman–Crippen LogP) is 2.10. The van der Waals surface area contributed by atoms with Crippen LogP contribution in [0.2, 0.25) is 0 Å². The number of alkyl carbamates (subject to hydrolysis) is 1. The van der Waals surface area contributed by atoms with E-state index in [0.717, 1.165) is 5.56 Å². The summed E-state index contributed by atoms with van der Waals surface area (Å²) in [4.78, 5) is 49.9. The summed E-state index contributed by atoms with van der Waals surface area (Å²) in [7, 11) is 1.30. The van der Waals surface area contributed by atoms with Gasteiger partial charge in [-0.3, -0.25) is 14.4 Å². The topological polar surface area (TPSA) is 114 Å². The van der Waals surface area contributed by atoms with Gasteiger partial charge in [0, 0.05) is 37.3 Å². The molecule has 0 fully saturated rings. The van der Waals surface area contributed by atoms with E-state index in [2.05, 4.69) is 15.4 Å². The Morgan fingerprint density at radius 1 is 1.19 bits per heavy atom.